The summed E-state index contributed by atoms with van der Waals surface area (Å²) in [6, 6.07) is 3.44. The SMILES string of the molecule is Cc1c(F)cc2sccc2c1CO. The molecule has 0 saturated carbocycles. The number of benzene rings is 1. The molecule has 0 spiro atoms. The van der Waals surface area contributed by atoms with Crippen LogP contribution < -0.4 is 0 Å². The van der Waals surface area contributed by atoms with Gasteiger partial charge in [-0.1, -0.05) is 0 Å². The molecular formula is C10H9FOS. The number of fused-ring (bicyclic) bond motifs is 1. The lowest BCUT2D eigenvalue weighted by Crippen LogP contribution is -1.92. The number of rotatable bonds is 1. The molecule has 0 aliphatic carbocycles. The Labute approximate surface area is 79.4 Å². The van der Waals surface area contributed by atoms with E-state index >= 15 is 0 Å². The first-order valence-electron chi connectivity index (χ1n) is 4.00. The maximum absolute atomic E-state index is 13.3. The van der Waals surface area contributed by atoms with Crippen molar-refractivity contribution >= 4 is 21.4 Å². The van der Waals surface area contributed by atoms with Crippen LogP contribution in [0.4, 0.5) is 4.39 Å². The van der Waals surface area contributed by atoms with Crippen molar-refractivity contribution in [1.82, 2.24) is 0 Å². The van der Waals surface area contributed by atoms with Gasteiger partial charge >= 0.3 is 0 Å². The van der Waals surface area contributed by atoms with Crippen molar-refractivity contribution in [3.05, 3.63) is 34.5 Å². The second kappa shape index (κ2) is 3.09. The van der Waals surface area contributed by atoms with Gasteiger partial charge in [-0.25, -0.2) is 4.39 Å². The molecule has 0 bridgehead atoms. The highest BCUT2D eigenvalue weighted by molar-refractivity contribution is 7.17. The van der Waals surface area contributed by atoms with Crippen LogP contribution in [0.15, 0.2) is 17.5 Å². The van der Waals surface area contributed by atoms with Gasteiger partial charge in [-0.3, -0.25) is 0 Å². The highest BCUT2D eigenvalue weighted by Crippen LogP contribution is 2.28. The Morgan fingerprint density at radius 1 is 1.54 bits per heavy atom. The van der Waals surface area contributed by atoms with E-state index in [2.05, 4.69) is 0 Å². The lowest BCUT2D eigenvalue weighted by atomic mass is 10.1. The Morgan fingerprint density at radius 3 is 3.00 bits per heavy atom. The number of aliphatic hydroxyl groups is 1. The first kappa shape index (κ1) is 8.66. The van der Waals surface area contributed by atoms with E-state index in [0.717, 1.165) is 10.1 Å². The van der Waals surface area contributed by atoms with Crippen LogP contribution in [0, 0.1) is 12.7 Å². The fourth-order valence-electron chi connectivity index (χ4n) is 1.46. The van der Waals surface area contributed by atoms with Gasteiger partial charge in [0.05, 0.1) is 6.61 Å². The van der Waals surface area contributed by atoms with Gasteiger partial charge in [-0.05, 0) is 40.9 Å². The van der Waals surface area contributed by atoms with E-state index in [1.807, 2.05) is 11.4 Å². The molecule has 1 nitrogen and oxygen atoms in total. The van der Waals surface area contributed by atoms with E-state index in [0.29, 0.717) is 11.1 Å². The number of thiophene rings is 1. The van der Waals surface area contributed by atoms with Crippen molar-refractivity contribution in [3.8, 4) is 0 Å². The van der Waals surface area contributed by atoms with E-state index in [1.54, 1.807) is 6.92 Å². The van der Waals surface area contributed by atoms with Gasteiger partial charge in [-0.2, -0.15) is 0 Å². The number of hydrogen-bond acceptors (Lipinski definition) is 2. The topological polar surface area (TPSA) is 20.2 Å². The summed E-state index contributed by atoms with van der Waals surface area (Å²) >= 11 is 1.49. The highest BCUT2D eigenvalue weighted by atomic mass is 32.1. The molecule has 0 saturated heterocycles. The average Bonchev–Trinajstić information content (AvgIpc) is 2.54. The fraction of sp³-hybridized carbons (Fsp3) is 0.200. The summed E-state index contributed by atoms with van der Waals surface area (Å²) in [6.45, 7) is 1.59. The van der Waals surface area contributed by atoms with Crippen LogP contribution in [0.5, 0.6) is 0 Å². The summed E-state index contributed by atoms with van der Waals surface area (Å²) in [5.41, 5.74) is 1.25. The zero-order valence-corrected chi connectivity index (χ0v) is 7.99. The van der Waals surface area contributed by atoms with Crippen molar-refractivity contribution in [2.45, 2.75) is 13.5 Å². The van der Waals surface area contributed by atoms with Crippen LogP contribution in [-0.2, 0) is 6.61 Å². The zero-order valence-electron chi connectivity index (χ0n) is 7.17. The molecule has 68 valence electrons. The number of hydrogen-bond donors (Lipinski definition) is 1. The minimum atomic E-state index is -0.237. The molecule has 1 N–H and O–H groups in total. The molecule has 1 aromatic heterocycles. The number of halogens is 1. The molecule has 2 aromatic rings. The van der Waals surface area contributed by atoms with Gasteiger partial charge in [0, 0.05) is 4.70 Å². The quantitative estimate of drug-likeness (QED) is 0.743. The molecule has 13 heavy (non-hydrogen) atoms. The van der Waals surface area contributed by atoms with Crippen LogP contribution in [0.1, 0.15) is 11.1 Å². The van der Waals surface area contributed by atoms with Gasteiger partial charge < -0.3 is 5.11 Å². The third-order valence-electron chi connectivity index (χ3n) is 2.25. The Morgan fingerprint density at radius 2 is 2.31 bits per heavy atom. The molecule has 0 atom stereocenters. The molecule has 3 heteroatoms. The summed E-state index contributed by atoms with van der Waals surface area (Å²) < 4.78 is 14.2. The van der Waals surface area contributed by atoms with Gasteiger partial charge in [0.25, 0.3) is 0 Å². The molecule has 0 unspecified atom stereocenters. The second-order valence-electron chi connectivity index (χ2n) is 2.95. The summed E-state index contributed by atoms with van der Waals surface area (Å²) in [5.74, 6) is -0.237. The van der Waals surface area contributed by atoms with Gasteiger partial charge in [-0.15, -0.1) is 11.3 Å². The van der Waals surface area contributed by atoms with Crippen LogP contribution in [0.3, 0.4) is 0 Å². The Kier molecular flexibility index (Phi) is 2.06. The Hall–Kier alpha value is -0.930. The van der Waals surface area contributed by atoms with Crippen molar-refractivity contribution < 1.29 is 9.50 Å². The third-order valence-corrected chi connectivity index (χ3v) is 3.11. The normalized spacial score (nSPS) is 11.0. The average molecular weight is 196 g/mol. The summed E-state index contributed by atoms with van der Waals surface area (Å²) in [6.07, 6.45) is 0. The summed E-state index contributed by atoms with van der Waals surface area (Å²) in [4.78, 5) is 0. The van der Waals surface area contributed by atoms with E-state index in [9.17, 15) is 4.39 Å². The van der Waals surface area contributed by atoms with Crippen LogP contribution in [-0.4, -0.2) is 5.11 Å². The lowest BCUT2D eigenvalue weighted by molar-refractivity contribution is 0.282. The number of aliphatic hydroxyl groups excluding tert-OH is 1. The minimum absolute atomic E-state index is 0.100. The molecule has 0 radical (unpaired) electrons. The molecule has 0 aliphatic heterocycles. The largest absolute Gasteiger partial charge is 0.392 e. The molecule has 1 heterocycles. The summed E-state index contributed by atoms with van der Waals surface area (Å²) in [5, 5.41) is 12.0. The van der Waals surface area contributed by atoms with Crippen molar-refractivity contribution in [3.63, 3.8) is 0 Å². The predicted octanol–water partition coefficient (Wildman–Crippen LogP) is 2.84. The molecule has 0 amide bonds. The Balaban J connectivity index is 2.87. The molecule has 0 fully saturated rings. The second-order valence-corrected chi connectivity index (χ2v) is 3.90. The van der Waals surface area contributed by atoms with E-state index < -0.39 is 0 Å². The van der Waals surface area contributed by atoms with Gasteiger partial charge in [0.1, 0.15) is 5.82 Å². The van der Waals surface area contributed by atoms with E-state index in [-0.39, 0.29) is 12.4 Å². The third kappa shape index (κ3) is 1.24. The smallest absolute Gasteiger partial charge is 0.127 e. The van der Waals surface area contributed by atoms with Crippen molar-refractivity contribution in [2.24, 2.45) is 0 Å². The molecule has 2 rings (SSSR count). The van der Waals surface area contributed by atoms with Crippen molar-refractivity contribution in [2.75, 3.05) is 0 Å². The van der Waals surface area contributed by atoms with Crippen LogP contribution in [0.25, 0.3) is 10.1 Å². The first-order valence-corrected chi connectivity index (χ1v) is 4.88. The molecule has 0 aliphatic rings. The zero-order chi connectivity index (χ0) is 9.42. The standard InChI is InChI=1S/C10H9FOS/c1-6-8(5-12)7-2-3-13-10(7)4-9(6)11/h2-4,12H,5H2,1H3. The van der Waals surface area contributed by atoms with Crippen LogP contribution in [0.2, 0.25) is 0 Å². The first-order chi connectivity index (χ1) is 6.24. The van der Waals surface area contributed by atoms with Gasteiger partial charge in [0.15, 0.2) is 0 Å². The molecular weight excluding hydrogens is 187 g/mol. The maximum Gasteiger partial charge on any atom is 0.127 e. The fourth-order valence-corrected chi connectivity index (χ4v) is 2.30. The van der Waals surface area contributed by atoms with E-state index in [4.69, 9.17) is 5.11 Å². The monoisotopic (exact) mass is 196 g/mol. The summed E-state index contributed by atoms with van der Waals surface area (Å²) in [7, 11) is 0. The highest BCUT2D eigenvalue weighted by Gasteiger charge is 2.09. The lowest BCUT2D eigenvalue weighted by Gasteiger charge is -2.05. The molecule has 1 aromatic carbocycles. The minimum Gasteiger partial charge on any atom is -0.392 e. The predicted molar refractivity (Wildman–Crippen MR) is 52.4 cm³/mol. The maximum atomic E-state index is 13.3. The van der Waals surface area contributed by atoms with Gasteiger partial charge in [0.2, 0.25) is 0 Å². The van der Waals surface area contributed by atoms with Crippen molar-refractivity contribution in [1.29, 1.82) is 0 Å². The van der Waals surface area contributed by atoms with E-state index in [1.165, 1.54) is 17.4 Å². The van der Waals surface area contributed by atoms with Crippen LogP contribution >= 0.6 is 11.3 Å². The Bertz CT molecular complexity index is 447.